The summed E-state index contributed by atoms with van der Waals surface area (Å²) in [5.74, 6) is -0.168. The van der Waals surface area contributed by atoms with Gasteiger partial charge in [0.1, 0.15) is 11.4 Å². The van der Waals surface area contributed by atoms with Gasteiger partial charge in [0, 0.05) is 26.0 Å². The summed E-state index contributed by atoms with van der Waals surface area (Å²) in [6, 6.07) is 0. The minimum atomic E-state index is -4.50. The van der Waals surface area contributed by atoms with Gasteiger partial charge in [-0.15, -0.1) is 0 Å². The molecule has 0 unspecified atom stereocenters. The third-order valence-corrected chi connectivity index (χ3v) is 2.70. The Balaban J connectivity index is 2.33. The van der Waals surface area contributed by atoms with Crippen molar-refractivity contribution in [3.8, 4) is 0 Å². The second kappa shape index (κ2) is 5.58. The number of hydrogen-bond donors (Lipinski definition) is 2. The smallest absolute Gasteiger partial charge is 0.370 e. The van der Waals surface area contributed by atoms with Crippen molar-refractivity contribution in [1.82, 2.24) is 19.7 Å². The van der Waals surface area contributed by atoms with E-state index in [1.54, 1.807) is 31.8 Å². The van der Waals surface area contributed by atoms with E-state index in [0.717, 1.165) is 6.20 Å². The van der Waals surface area contributed by atoms with Crippen LogP contribution in [0.2, 0.25) is 0 Å². The normalized spacial score (nSPS) is 11.5. The largest absolute Gasteiger partial charge is 0.421 e. The Bertz CT molecular complexity index is 634. The summed E-state index contributed by atoms with van der Waals surface area (Å²) in [4.78, 5) is 7.60. The van der Waals surface area contributed by atoms with Crippen LogP contribution in [0.15, 0.2) is 12.4 Å². The van der Waals surface area contributed by atoms with E-state index in [-0.39, 0.29) is 11.8 Å². The molecule has 0 aromatic carbocycles. The van der Waals surface area contributed by atoms with E-state index in [2.05, 4.69) is 25.7 Å². The number of halogens is 3. The lowest BCUT2D eigenvalue weighted by Crippen LogP contribution is -2.14. The summed E-state index contributed by atoms with van der Waals surface area (Å²) in [6.45, 7) is 3.80. The molecule has 2 heterocycles. The number of alkyl halides is 3. The quantitative estimate of drug-likeness (QED) is 0.908. The summed E-state index contributed by atoms with van der Waals surface area (Å²) in [6.07, 6.45) is -2.04. The Morgan fingerprint density at radius 1 is 1.33 bits per heavy atom. The van der Waals surface area contributed by atoms with Crippen molar-refractivity contribution in [3.05, 3.63) is 23.7 Å². The van der Waals surface area contributed by atoms with Gasteiger partial charge in [-0.2, -0.15) is 23.3 Å². The van der Waals surface area contributed by atoms with Crippen molar-refractivity contribution in [2.24, 2.45) is 7.05 Å². The molecular formula is C12H15F3N6. The lowest BCUT2D eigenvalue weighted by Gasteiger charge is -2.13. The topological polar surface area (TPSA) is 67.7 Å². The zero-order chi connectivity index (χ0) is 15.6. The Labute approximate surface area is 119 Å². The average molecular weight is 300 g/mol. The first kappa shape index (κ1) is 15.1. The Morgan fingerprint density at radius 2 is 2.05 bits per heavy atom. The van der Waals surface area contributed by atoms with Gasteiger partial charge in [-0.1, -0.05) is 0 Å². The number of aryl methyl sites for hydroxylation is 2. The van der Waals surface area contributed by atoms with Crippen LogP contribution in [0.1, 0.15) is 18.2 Å². The highest BCUT2D eigenvalue weighted by Crippen LogP contribution is 2.34. The van der Waals surface area contributed by atoms with E-state index in [1.165, 1.54) is 0 Å². The van der Waals surface area contributed by atoms with Crippen molar-refractivity contribution >= 4 is 17.5 Å². The number of nitrogens with zero attached hydrogens (tertiary/aromatic N) is 4. The maximum Gasteiger partial charge on any atom is 0.421 e. The van der Waals surface area contributed by atoms with E-state index in [9.17, 15) is 13.2 Å². The lowest BCUT2D eigenvalue weighted by atomic mass is 10.3. The van der Waals surface area contributed by atoms with E-state index < -0.39 is 11.7 Å². The number of anilines is 3. The van der Waals surface area contributed by atoms with E-state index in [4.69, 9.17) is 0 Å². The Kier molecular flexibility index (Phi) is 4.01. The molecule has 2 aromatic rings. The fraction of sp³-hybridized carbons (Fsp3) is 0.417. The molecular weight excluding hydrogens is 285 g/mol. The molecule has 0 fully saturated rings. The van der Waals surface area contributed by atoms with Gasteiger partial charge in [0.2, 0.25) is 5.95 Å². The summed E-state index contributed by atoms with van der Waals surface area (Å²) < 4.78 is 40.1. The third kappa shape index (κ3) is 3.41. The fourth-order valence-corrected chi connectivity index (χ4v) is 1.79. The molecule has 2 N–H and O–H groups in total. The van der Waals surface area contributed by atoms with Crippen LogP contribution in [0.25, 0.3) is 0 Å². The number of hydrogen-bond acceptors (Lipinski definition) is 5. The SMILES string of the molecule is CCNc1nc(Nc2cn(C)nc2C)ncc1C(F)(F)F. The molecule has 21 heavy (non-hydrogen) atoms. The van der Waals surface area contributed by atoms with Crippen LogP contribution >= 0.6 is 0 Å². The predicted molar refractivity (Wildman–Crippen MR) is 72.4 cm³/mol. The minimum Gasteiger partial charge on any atom is -0.370 e. The number of nitrogens with one attached hydrogen (secondary N) is 2. The molecule has 0 aliphatic heterocycles. The van der Waals surface area contributed by atoms with E-state index in [1.807, 2.05) is 0 Å². The van der Waals surface area contributed by atoms with Crippen LogP contribution in [-0.4, -0.2) is 26.3 Å². The Hall–Kier alpha value is -2.32. The van der Waals surface area contributed by atoms with Gasteiger partial charge in [0.15, 0.2) is 0 Å². The highest BCUT2D eigenvalue weighted by Gasteiger charge is 2.35. The van der Waals surface area contributed by atoms with Crippen molar-refractivity contribution in [3.63, 3.8) is 0 Å². The second-order valence-electron chi connectivity index (χ2n) is 4.41. The van der Waals surface area contributed by atoms with Crippen LogP contribution in [-0.2, 0) is 13.2 Å². The van der Waals surface area contributed by atoms with Crippen LogP contribution in [0.3, 0.4) is 0 Å². The Morgan fingerprint density at radius 3 is 2.57 bits per heavy atom. The van der Waals surface area contributed by atoms with E-state index >= 15 is 0 Å². The standard InChI is InChI=1S/C12H15F3N6/c1-4-16-10-8(12(13,14)15)5-17-11(19-10)18-9-6-21(3)20-7(9)2/h5-6H,4H2,1-3H3,(H2,16,17,18,19). The minimum absolute atomic E-state index is 0.0788. The van der Waals surface area contributed by atoms with Crippen LogP contribution in [0.4, 0.5) is 30.6 Å². The molecule has 0 saturated heterocycles. The maximum atomic E-state index is 12.8. The van der Waals surface area contributed by atoms with Gasteiger partial charge < -0.3 is 10.6 Å². The molecule has 0 bridgehead atoms. The molecule has 2 rings (SSSR count). The summed E-state index contributed by atoms with van der Waals surface area (Å²) >= 11 is 0. The monoisotopic (exact) mass is 300 g/mol. The molecule has 0 spiro atoms. The second-order valence-corrected chi connectivity index (χ2v) is 4.41. The van der Waals surface area contributed by atoms with Crippen LogP contribution in [0, 0.1) is 6.92 Å². The molecule has 6 nitrogen and oxygen atoms in total. The van der Waals surface area contributed by atoms with Gasteiger partial charge >= 0.3 is 6.18 Å². The molecule has 0 aliphatic carbocycles. The summed E-state index contributed by atoms with van der Waals surface area (Å²) in [5, 5.41) is 9.58. The molecule has 0 amide bonds. The van der Waals surface area contributed by atoms with Gasteiger partial charge in [0.25, 0.3) is 0 Å². The summed E-state index contributed by atoms with van der Waals surface area (Å²) in [7, 11) is 1.75. The fourth-order valence-electron chi connectivity index (χ4n) is 1.79. The van der Waals surface area contributed by atoms with E-state index in [0.29, 0.717) is 17.9 Å². The molecule has 2 aromatic heterocycles. The van der Waals surface area contributed by atoms with Crippen LogP contribution < -0.4 is 10.6 Å². The van der Waals surface area contributed by atoms with Crippen molar-refractivity contribution in [2.75, 3.05) is 17.2 Å². The zero-order valence-electron chi connectivity index (χ0n) is 11.8. The first-order valence-electron chi connectivity index (χ1n) is 6.26. The molecule has 0 radical (unpaired) electrons. The van der Waals surface area contributed by atoms with Crippen molar-refractivity contribution in [1.29, 1.82) is 0 Å². The molecule has 0 saturated carbocycles. The zero-order valence-corrected chi connectivity index (χ0v) is 11.8. The first-order valence-corrected chi connectivity index (χ1v) is 6.26. The van der Waals surface area contributed by atoms with Crippen LogP contribution in [0.5, 0.6) is 0 Å². The summed E-state index contributed by atoms with van der Waals surface area (Å²) in [5.41, 5.74) is 0.448. The molecule has 0 aliphatic rings. The average Bonchev–Trinajstić information content (AvgIpc) is 2.67. The van der Waals surface area contributed by atoms with Gasteiger partial charge in [-0.3, -0.25) is 4.68 Å². The predicted octanol–water partition coefficient (Wildman–Crippen LogP) is 2.71. The molecule has 0 atom stereocenters. The number of rotatable bonds is 4. The third-order valence-electron chi connectivity index (χ3n) is 2.70. The lowest BCUT2D eigenvalue weighted by molar-refractivity contribution is -0.137. The van der Waals surface area contributed by atoms with Gasteiger partial charge in [0.05, 0.1) is 11.4 Å². The highest BCUT2D eigenvalue weighted by molar-refractivity contribution is 5.57. The molecule has 9 heteroatoms. The van der Waals surface area contributed by atoms with Crippen molar-refractivity contribution < 1.29 is 13.2 Å². The molecule has 114 valence electrons. The highest BCUT2D eigenvalue weighted by atomic mass is 19.4. The number of aromatic nitrogens is 4. The van der Waals surface area contributed by atoms with Gasteiger partial charge in [-0.25, -0.2) is 4.98 Å². The maximum absolute atomic E-state index is 12.8. The van der Waals surface area contributed by atoms with Crippen molar-refractivity contribution in [2.45, 2.75) is 20.0 Å². The first-order chi connectivity index (χ1) is 9.81. The van der Waals surface area contributed by atoms with Gasteiger partial charge in [-0.05, 0) is 13.8 Å².